The number of benzene rings is 3. The van der Waals surface area contributed by atoms with Gasteiger partial charge >= 0.3 is 0 Å². The molecule has 1 amide bonds. The smallest absolute Gasteiger partial charge is 0.225 e. The first-order valence-corrected chi connectivity index (χ1v) is 10.9. The van der Waals surface area contributed by atoms with Crippen molar-refractivity contribution in [3.63, 3.8) is 0 Å². The van der Waals surface area contributed by atoms with Gasteiger partial charge in [0.05, 0.1) is 19.6 Å². The Morgan fingerprint density at radius 3 is 2.47 bits per heavy atom. The molecular formula is C27H30N2O3. The van der Waals surface area contributed by atoms with Crippen molar-refractivity contribution in [3.05, 3.63) is 83.9 Å². The van der Waals surface area contributed by atoms with Gasteiger partial charge in [0.2, 0.25) is 5.91 Å². The van der Waals surface area contributed by atoms with Gasteiger partial charge in [-0.05, 0) is 54.3 Å². The fourth-order valence-electron chi connectivity index (χ4n) is 4.63. The summed E-state index contributed by atoms with van der Waals surface area (Å²) in [5.74, 6) is 1.47. The maximum atomic E-state index is 12.6. The Bertz CT molecular complexity index is 1080. The van der Waals surface area contributed by atoms with E-state index in [-0.39, 0.29) is 5.91 Å². The number of carbonyl (C=O) groups excluding carboxylic acids is 1. The highest BCUT2D eigenvalue weighted by atomic mass is 16.5. The second-order valence-corrected chi connectivity index (χ2v) is 8.53. The van der Waals surface area contributed by atoms with Crippen LogP contribution in [0.2, 0.25) is 0 Å². The van der Waals surface area contributed by atoms with E-state index in [1.54, 1.807) is 14.2 Å². The topological polar surface area (TPSA) is 64.8 Å². The zero-order valence-corrected chi connectivity index (χ0v) is 18.7. The predicted octanol–water partition coefficient (Wildman–Crippen LogP) is 4.29. The second-order valence-electron chi connectivity index (χ2n) is 8.53. The monoisotopic (exact) mass is 430 g/mol. The van der Waals surface area contributed by atoms with Crippen LogP contribution in [0.1, 0.15) is 17.5 Å². The number of nitrogens with two attached hydrogens (primary N) is 1. The zero-order valence-electron chi connectivity index (χ0n) is 18.7. The summed E-state index contributed by atoms with van der Waals surface area (Å²) in [4.78, 5) is 14.9. The Hall–Kier alpha value is -3.31. The molecule has 1 unspecified atom stereocenters. The molecule has 0 radical (unpaired) electrons. The van der Waals surface area contributed by atoms with Crippen molar-refractivity contribution >= 4 is 5.91 Å². The number of hydrogen-bond donors (Lipinski definition) is 1. The van der Waals surface area contributed by atoms with Crippen LogP contribution < -0.4 is 15.2 Å². The molecule has 0 aromatic heterocycles. The standard InChI is InChI=1S/C27H30N2O3/c1-31-23-7-5-6-21(16-23)18-29-15-14-27(19-29,26(28)30)17-20-10-12-22(13-11-20)24-8-3-4-9-25(24)32-2/h3-13,16H,14-15,17-19H2,1-2H3,(H2,28,30). The van der Waals surface area contributed by atoms with Crippen molar-refractivity contribution < 1.29 is 14.3 Å². The number of amides is 1. The first-order chi connectivity index (χ1) is 15.5. The molecule has 5 heteroatoms. The first-order valence-electron chi connectivity index (χ1n) is 10.9. The molecule has 3 aromatic carbocycles. The quantitative estimate of drug-likeness (QED) is 0.579. The summed E-state index contributed by atoms with van der Waals surface area (Å²) in [6.07, 6.45) is 1.41. The maximum Gasteiger partial charge on any atom is 0.225 e. The van der Waals surface area contributed by atoms with Crippen LogP contribution in [-0.4, -0.2) is 38.1 Å². The predicted molar refractivity (Wildman–Crippen MR) is 127 cm³/mol. The van der Waals surface area contributed by atoms with Crippen LogP contribution in [0.5, 0.6) is 11.5 Å². The highest BCUT2D eigenvalue weighted by Crippen LogP contribution is 2.36. The average molecular weight is 431 g/mol. The van der Waals surface area contributed by atoms with Crippen LogP contribution in [0.15, 0.2) is 72.8 Å². The molecule has 1 atom stereocenters. The molecule has 0 aliphatic carbocycles. The lowest BCUT2D eigenvalue weighted by molar-refractivity contribution is -0.127. The molecule has 1 aliphatic rings. The lowest BCUT2D eigenvalue weighted by Crippen LogP contribution is -2.41. The highest BCUT2D eigenvalue weighted by molar-refractivity contribution is 5.82. The molecule has 5 nitrogen and oxygen atoms in total. The van der Waals surface area contributed by atoms with Gasteiger partial charge in [-0.2, -0.15) is 0 Å². The first kappa shape index (κ1) is 21.9. The molecule has 4 rings (SSSR count). The zero-order chi connectivity index (χ0) is 22.6. The van der Waals surface area contributed by atoms with Crippen molar-refractivity contribution in [2.24, 2.45) is 11.1 Å². The van der Waals surface area contributed by atoms with Crippen LogP contribution in [0.3, 0.4) is 0 Å². The van der Waals surface area contributed by atoms with Crippen molar-refractivity contribution in [1.29, 1.82) is 0 Å². The van der Waals surface area contributed by atoms with Crippen molar-refractivity contribution in [2.75, 3.05) is 27.3 Å². The Balaban J connectivity index is 1.48. The molecule has 32 heavy (non-hydrogen) atoms. The Labute approximate surface area is 189 Å². The molecule has 1 heterocycles. The summed E-state index contributed by atoms with van der Waals surface area (Å²) in [7, 11) is 3.35. The van der Waals surface area contributed by atoms with E-state index in [9.17, 15) is 4.79 Å². The number of primary amides is 1. The molecule has 1 saturated heterocycles. The third-order valence-corrected chi connectivity index (χ3v) is 6.41. The van der Waals surface area contributed by atoms with E-state index in [0.717, 1.165) is 47.7 Å². The minimum absolute atomic E-state index is 0.223. The normalized spacial score (nSPS) is 18.4. The fraction of sp³-hybridized carbons (Fsp3) is 0.296. The van der Waals surface area contributed by atoms with Gasteiger partial charge in [0.1, 0.15) is 11.5 Å². The lowest BCUT2D eigenvalue weighted by Gasteiger charge is -2.26. The van der Waals surface area contributed by atoms with Gasteiger partial charge in [-0.25, -0.2) is 0 Å². The van der Waals surface area contributed by atoms with Crippen LogP contribution in [0.25, 0.3) is 11.1 Å². The van der Waals surface area contributed by atoms with Gasteiger partial charge in [-0.3, -0.25) is 9.69 Å². The summed E-state index contributed by atoms with van der Waals surface area (Å²) in [6, 6.07) is 24.4. The molecule has 1 fully saturated rings. The Morgan fingerprint density at radius 1 is 0.969 bits per heavy atom. The minimum Gasteiger partial charge on any atom is -0.497 e. The molecule has 3 aromatic rings. The number of nitrogens with zero attached hydrogens (tertiary/aromatic N) is 1. The number of hydrogen-bond acceptors (Lipinski definition) is 4. The lowest BCUT2D eigenvalue weighted by atomic mass is 9.80. The number of rotatable bonds is 8. The molecular weight excluding hydrogens is 400 g/mol. The van der Waals surface area contributed by atoms with Crippen molar-refractivity contribution in [3.8, 4) is 22.6 Å². The van der Waals surface area contributed by atoms with Crippen LogP contribution >= 0.6 is 0 Å². The van der Waals surface area contributed by atoms with E-state index in [1.807, 2.05) is 42.5 Å². The largest absolute Gasteiger partial charge is 0.497 e. The van der Waals surface area contributed by atoms with E-state index >= 15 is 0 Å². The van der Waals surface area contributed by atoms with Crippen LogP contribution in [0, 0.1) is 5.41 Å². The number of carbonyl (C=O) groups is 1. The van der Waals surface area contributed by atoms with Gasteiger partial charge in [-0.15, -0.1) is 0 Å². The SMILES string of the molecule is COc1cccc(CN2CCC(Cc3ccc(-c4ccccc4OC)cc3)(C(N)=O)C2)c1. The number of likely N-dealkylation sites (tertiary alicyclic amines) is 1. The average Bonchev–Trinajstić information content (AvgIpc) is 3.23. The summed E-state index contributed by atoms with van der Waals surface area (Å²) < 4.78 is 10.8. The molecule has 166 valence electrons. The van der Waals surface area contributed by atoms with E-state index in [2.05, 4.69) is 35.2 Å². The molecule has 1 aliphatic heterocycles. The van der Waals surface area contributed by atoms with Crippen LogP contribution in [-0.2, 0) is 17.8 Å². The highest BCUT2D eigenvalue weighted by Gasteiger charge is 2.43. The van der Waals surface area contributed by atoms with E-state index in [0.29, 0.717) is 13.0 Å². The number of para-hydroxylation sites is 1. The van der Waals surface area contributed by atoms with Crippen molar-refractivity contribution in [1.82, 2.24) is 4.90 Å². The molecule has 0 saturated carbocycles. The molecule has 0 spiro atoms. The van der Waals surface area contributed by atoms with Gasteiger partial charge < -0.3 is 15.2 Å². The van der Waals surface area contributed by atoms with Gasteiger partial charge in [-0.1, -0.05) is 54.6 Å². The summed E-state index contributed by atoms with van der Waals surface area (Å²) in [6.45, 7) is 2.28. The third kappa shape index (κ3) is 4.63. The number of methoxy groups -OCH3 is 2. The third-order valence-electron chi connectivity index (χ3n) is 6.41. The number of ether oxygens (including phenoxy) is 2. The maximum absolute atomic E-state index is 12.6. The van der Waals surface area contributed by atoms with E-state index < -0.39 is 5.41 Å². The van der Waals surface area contributed by atoms with Crippen LogP contribution in [0.4, 0.5) is 0 Å². The molecule has 2 N–H and O–H groups in total. The minimum atomic E-state index is -0.551. The summed E-state index contributed by atoms with van der Waals surface area (Å²) in [5.41, 5.74) is 9.82. The summed E-state index contributed by atoms with van der Waals surface area (Å²) >= 11 is 0. The van der Waals surface area contributed by atoms with Gasteiger partial charge in [0, 0.05) is 18.7 Å². The van der Waals surface area contributed by atoms with Crippen molar-refractivity contribution in [2.45, 2.75) is 19.4 Å². The van der Waals surface area contributed by atoms with E-state index in [4.69, 9.17) is 15.2 Å². The second kappa shape index (κ2) is 9.45. The summed E-state index contributed by atoms with van der Waals surface area (Å²) in [5, 5.41) is 0. The fourth-order valence-corrected chi connectivity index (χ4v) is 4.63. The Kier molecular flexibility index (Phi) is 6.47. The Morgan fingerprint density at radius 2 is 1.75 bits per heavy atom. The van der Waals surface area contributed by atoms with E-state index in [1.165, 1.54) is 5.56 Å². The van der Waals surface area contributed by atoms with Gasteiger partial charge in [0.15, 0.2) is 0 Å². The van der Waals surface area contributed by atoms with Gasteiger partial charge in [0.25, 0.3) is 0 Å². The molecule has 0 bridgehead atoms.